The lowest BCUT2D eigenvalue weighted by Crippen LogP contribution is -2.38. The van der Waals surface area contributed by atoms with E-state index < -0.39 is 0 Å². The molecule has 0 bridgehead atoms. The van der Waals surface area contributed by atoms with E-state index in [0.717, 1.165) is 55.2 Å². The van der Waals surface area contributed by atoms with Gasteiger partial charge < -0.3 is 24.5 Å². The highest BCUT2D eigenvalue weighted by atomic mass is 16.5. The van der Waals surface area contributed by atoms with Crippen molar-refractivity contribution >= 4 is 16.9 Å². The van der Waals surface area contributed by atoms with Gasteiger partial charge in [-0.2, -0.15) is 0 Å². The second-order valence-electron chi connectivity index (χ2n) is 5.65. The molecule has 1 aromatic carbocycles. The molecule has 2 rings (SSSR count). The van der Waals surface area contributed by atoms with Crippen LogP contribution < -0.4 is 10.6 Å². The zero-order valence-electron chi connectivity index (χ0n) is 15.2. The van der Waals surface area contributed by atoms with Crippen LogP contribution in [-0.2, 0) is 15.9 Å². The van der Waals surface area contributed by atoms with Crippen molar-refractivity contribution < 1.29 is 13.9 Å². The van der Waals surface area contributed by atoms with Gasteiger partial charge >= 0.3 is 0 Å². The van der Waals surface area contributed by atoms with Crippen molar-refractivity contribution in [3.63, 3.8) is 0 Å². The minimum Gasteiger partial charge on any atom is -0.461 e. The maximum Gasteiger partial charge on any atom is 0.191 e. The lowest BCUT2D eigenvalue weighted by Gasteiger charge is -2.10. The minimum absolute atomic E-state index is 0.634. The third-order valence-corrected chi connectivity index (χ3v) is 3.63. The van der Waals surface area contributed by atoms with E-state index in [-0.39, 0.29) is 0 Å². The summed E-state index contributed by atoms with van der Waals surface area (Å²) in [5, 5.41) is 7.74. The first-order valence-electron chi connectivity index (χ1n) is 8.89. The predicted octanol–water partition coefficient (Wildman–Crippen LogP) is 2.58. The van der Waals surface area contributed by atoms with Crippen LogP contribution in [0.1, 0.15) is 19.1 Å². The molecule has 2 N–H and O–H groups in total. The summed E-state index contributed by atoms with van der Waals surface area (Å²) in [6.45, 7) is 6.37. The largest absolute Gasteiger partial charge is 0.461 e. The summed E-state index contributed by atoms with van der Waals surface area (Å²) in [4.78, 5) is 4.56. The standard InChI is InChI=1S/C19H29N3O3/c1-3-20-19(21-10-6-12-24-14-13-23-2)22-11-9-17-15-16-7-4-5-8-18(16)25-17/h4-5,7-8,15H,3,6,9-14H2,1-2H3,(H2,20,21,22). The summed E-state index contributed by atoms with van der Waals surface area (Å²) in [7, 11) is 1.67. The number of methoxy groups -OCH3 is 1. The Kier molecular flexibility index (Phi) is 8.86. The summed E-state index contributed by atoms with van der Waals surface area (Å²) >= 11 is 0. The average Bonchev–Trinajstić information content (AvgIpc) is 3.03. The molecule has 0 aliphatic heterocycles. The topological polar surface area (TPSA) is 68.0 Å². The molecule has 0 radical (unpaired) electrons. The Balaban J connectivity index is 1.70. The van der Waals surface area contributed by atoms with Gasteiger partial charge in [0, 0.05) is 45.2 Å². The number of guanidine groups is 1. The molecule has 0 aliphatic rings. The van der Waals surface area contributed by atoms with E-state index in [2.05, 4.69) is 34.7 Å². The molecule has 25 heavy (non-hydrogen) atoms. The third-order valence-electron chi connectivity index (χ3n) is 3.63. The molecule has 138 valence electrons. The number of nitrogens with zero attached hydrogens (tertiary/aromatic N) is 1. The lowest BCUT2D eigenvalue weighted by molar-refractivity contribution is 0.0702. The van der Waals surface area contributed by atoms with Gasteiger partial charge in [-0.15, -0.1) is 0 Å². The van der Waals surface area contributed by atoms with Gasteiger partial charge in [-0.05, 0) is 25.5 Å². The Labute approximate surface area is 149 Å². The van der Waals surface area contributed by atoms with Crippen molar-refractivity contribution in [3.05, 3.63) is 36.1 Å². The van der Waals surface area contributed by atoms with E-state index >= 15 is 0 Å². The van der Waals surface area contributed by atoms with Crippen LogP contribution in [0.4, 0.5) is 0 Å². The number of rotatable bonds is 11. The molecule has 1 heterocycles. The number of para-hydroxylation sites is 1. The smallest absolute Gasteiger partial charge is 0.191 e. The van der Waals surface area contributed by atoms with Crippen LogP contribution in [0.2, 0.25) is 0 Å². The summed E-state index contributed by atoms with van der Waals surface area (Å²) < 4.78 is 16.2. The summed E-state index contributed by atoms with van der Waals surface area (Å²) in [5.74, 6) is 1.81. The van der Waals surface area contributed by atoms with Gasteiger partial charge in [-0.1, -0.05) is 18.2 Å². The summed E-state index contributed by atoms with van der Waals surface area (Å²) in [5.41, 5.74) is 0.937. The van der Waals surface area contributed by atoms with E-state index in [4.69, 9.17) is 13.9 Å². The van der Waals surface area contributed by atoms with Crippen molar-refractivity contribution in [2.75, 3.05) is 46.6 Å². The first-order chi connectivity index (χ1) is 12.3. The number of benzene rings is 1. The van der Waals surface area contributed by atoms with Crippen LogP contribution >= 0.6 is 0 Å². The molecule has 2 aromatic rings. The van der Waals surface area contributed by atoms with Crippen LogP contribution in [0.5, 0.6) is 0 Å². The molecule has 0 saturated carbocycles. The predicted molar refractivity (Wildman–Crippen MR) is 101 cm³/mol. The number of hydrogen-bond donors (Lipinski definition) is 2. The van der Waals surface area contributed by atoms with E-state index in [1.165, 1.54) is 0 Å². The molecular formula is C19H29N3O3. The van der Waals surface area contributed by atoms with Crippen LogP contribution in [0.15, 0.2) is 39.7 Å². The minimum atomic E-state index is 0.634. The second-order valence-corrected chi connectivity index (χ2v) is 5.65. The highest BCUT2D eigenvalue weighted by Gasteiger charge is 2.03. The first kappa shape index (κ1) is 19.3. The molecule has 6 heteroatoms. The molecule has 0 unspecified atom stereocenters. The number of fused-ring (bicyclic) bond motifs is 1. The molecular weight excluding hydrogens is 318 g/mol. The molecule has 6 nitrogen and oxygen atoms in total. The number of nitrogens with one attached hydrogen (secondary N) is 2. The SMILES string of the molecule is CCNC(=NCCCOCCOC)NCCc1cc2ccccc2o1. The summed E-state index contributed by atoms with van der Waals surface area (Å²) in [6, 6.07) is 10.2. The fourth-order valence-electron chi connectivity index (χ4n) is 2.41. The van der Waals surface area contributed by atoms with Crippen molar-refractivity contribution in [3.8, 4) is 0 Å². The van der Waals surface area contributed by atoms with E-state index in [0.29, 0.717) is 19.8 Å². The van der Waals surface area contributed by atoms with Gasteiger partial charge in [-0.25, -0.2) is 0 Å². The molecule has 1 aromatic heterocycles. The van der Waals surface area contributed by atoms with Crippen LogP contribution in [0.25, 0.3) is 11.0 Å². The normalized spacial score (nSPS) is 11.8. The Bertz CT molecular complexity index is 607. The fraction of sp³-hybridized carbons (Fsp3) is 0.526. The van der Waals surface area contributed by atoms with Crippen LogP contribution in [0.3, 0.4) is 0 Å². The Morgan fingerprint density at radius 3 is 2.84 bits per heavy atom. The zero-order chi connectivity index (χ0) is 17.7. The van der Waals surface area contributed by atoms with E-state index in [1.54, 1.807) is 7.11 Å². The molecule has 0 saturated heterocycles. The van der Waals surface area contributed by atoms with Gasteiger partial charge in [-0.3, -0.25) is 4.99 Å². The van der Waals surface area contributed by atoms with Gasteiger partial charge in [0.1, 0.15) is 11.3 Å². The van der Waals surface area contributed by atoms with Gasteiger partial charge in [0.25, 0.3) is 0 Å². The van der Waals surface area contributed by atoms with Crippen molar-refractivity contribution in [1.82, 2.24) is 10.6 Å². The Morgan fingerprint density at radius 2 is 2.04 bits per heavy atom. The van der Waals surface area contributed by atoms with Crippen molar-refractivity contribution in [2.24, 2.45) is 4.99 Å². The second kappa shape index (κ2) is 11.5. The van der Waals surface area contributed by atoms with Crippen molar-refractivity contribution in [2.45, 2.75) is 19.8 Å². The lowest BCUT2D eigenvalue weighted by atomic mass is 10.2. The molecule has 0 amide bonds. The van der Waals surface area contributed by atoms with Crippen LogP contribution in [-0.4, -0.2) is 52.5 Å². The average molecular weight is 347 g/mol. The van der Waals surface area contributed by atoms with Crippen molar-refractivity contribution in [1.29, 1.82) is 0 Å². The van der Waals surface area contributed by atoms with Crippen LogP contribution in [0, 0.1) is 0 Å². The molecule has 0 spiro atoms. The number of aliphatic imine (C=N–C) groups is 1. The van der Waals surface area contributed by atoms with Gasteiger partial charge in [0.15, 0.2) is 5.96 Å². The number of furan rings is 1. The molecule has 0 aliphatic carbocycles. The summed E-state index contributed by atoms with van der Waals surface area (Å²) in [6.07, 6.45) is 1.71. The number of ether oxygens (including phenoxy) is 2. The van der Waals surface area contributed by atoms with E-state index in [9.17, 15) is 0 Å². The maximum atomic E-state index is 5.83. The Morgan fingerprint density at radius 1 is 1.16 bits per heavy atom. The molecule has 0 atom stereocenters. The number of hydrogen-bond acceptors (Lipinski definition) is 4. The molecule has 0 fully saturated rings. The highest BCUT2D eigenvalue weighted by molar-refractivity contribution is 5.80. The fourth-order valence-corrected chi connectivity index (χ4v) is 2.41. The highest BCUT2D eigenvalue weighted by Crippen LogP contribution is 2.18. The monoisotopic (exact) mass is 347 g/mol. The third kappa shape index (κ3) is 7.15. The first-order valence-corrected chi connectivity index (χ1v) is 8.89. The maximum absolute atomic E-state index is 5.83. The Hall–Kier alpha value is -2.05. The van der Waals surface area contributed by atoms with Gasteiger partial charge in [0.2, 0.25) is 0 Å². The quantitative estimate of drug-likeness (QED) is 0.371. The zero-order valence-corrected chi connectivity index (χ0v) is 15.2. The van der Waals surface area contributed by atoms with Gasteiger partial charge in [0.05, 0.1) is 13.2 Å². The van der Waals surface area contributed by atoms with E-state index in [1.807, 2.05) is 18.2 Å².